The summed E-state index contributed by atoms with van der Waals surface area (Å²) in [5.41, 5.74) is 36.9. The maximum absolute atomic E-state index is 2.96. The smallest absolute Gasteiger partial charge is 0.0167 e. The zero-order valence-corrected chi connectivity index (χ0v) is 56.2. The molecule has 1 saturated carbocycles. The first-order valence-corrected chi connectivity index (χ1v) is 35.7. The predicted molar refractivity (Wildman–Crippen MR) is 382 cm³/mol. The summed E-state index contributed by atoms with van der Waals surface area (Å²) >= 11 is 0. The fraction of sp³-hybridized carbons (Fsp3) is 0.422. The second kappa shape index (κ2) is 20.4. The highest BCUT2D eigenvalue weighted by molar-refractivity contribution is 6.29. The summed E-state index contributed by atoms with van der Waals surface area (Å²) in [6.07, 6.45) is 40.1. The van der Waals surface area contributed by atoms with Crippen LogP contribution >= 0.6 is 0 Å². The monoisotopic (exact) mass is 1180 g/mol. The van der Waals surface area contributed by atoms with Crippen molar-refractivity contribution in [2.75, 3.05) is 0 Å². The Hall–Kier alpha value is -6.76. The van der Waals surface area contributed by atoms with E-state index >= 15 is 0 Å². The number of benzene rings is 5. The maximum Gasteiger partial charge on any atom is 0.0167 e. The molecule has 0 radical (unpaired) electrons. The first-order chi connectivity index (χ1) is 43.2. The van der Waals surface area contributed by atoms with Crippen LogP contribution in [0.4, 0.5) is 0 Å². The van der Waals surface area contributed by atoms with Crippen molar-refractivity contribution >= 4 is 38.6 Å². The molecule has 90 heavy (non-hydrogen) atoms. The Morgan fingerprint density at radius 3 is 1.91 bits per heavy atom. The zero-order valence-electron chi connectivity index (χ0n) is 56.2. The molecule has 456 valence electrons. The second-order valence-electron chi connectivity index (χ2n) is 34.2. The molecule has 0 aromatic heterocycles. The Labute approximate surface area is 540 Å². The molecule has 0 amide bonds. The Kier molecular flexibility index (Phi) is 12.9. The number of fused-ring (bicyclic) bond motifs is 12. The van der Waals surface area contributed by atoms with Crippen LogP contribution in [0, 0.1) is 64.1 Å². The van der Waals surface area contributed by atoms with E-state index in [9.17, 15) is 0 Å². The number of hydrogen-bond donors (Lipinski definition) is 0. The van der Waals surface area contributed by atoms with Crippen LogP contribution in [0.2, 0.25) is 0 Å². The molecule has 0 saturated heterocycles. The largest absolute Gasteiger partial charge is 0.0842 e. The van der Waals surface area contributed by atoms with Crippen LogP contribution in [0.1, 0.15) is 216 Å². The minimum Gasteiger partial charge on any atom is -0.0842 e. The topological polar surface area (TPSA) is 0 Å². The van der Waals surface area contributed by atoms with E-state index in [4.69, 9.17) is 0 Å². The molecule has 11 atom stereocenters. The van der Waals surface area contributed by atoms with Gasteiger partial charge in [0.2, 0.25) is 0 Å². The number of allylic oxidation sites excluding steroid dienone is 24. The average Bonchev–Trinajstić information content (AvgIpc) is 1.48. The van der Waals surface area contributed by atoms with Gasteiger partial charge < -0.3 is 0 Å². The summed E-state index contributed by atoms with van der Waals surface area (Å²) in [6.45, 7) is 29.7. The molecular formula is C90H96. The van der Waals surface area contributed by atoms with Gasteiger partial charge in [-0.3, -0.25) is 0 Å². The lowest BCUT2D eigenvalue weighted by Gasteiger charge is -2.47. The molecule has 12 aliphatic carbocycles. The van der Waals surface area contributed by atoms with Crippen molar-refractivity contribution in [3.8, 4) is 0 Å². The minimum atomic E-state index is -0.00661. The van der Waals surface area contributed by atoms with Gasteiger partial charge in [0.15, 0.2) is 0 Å². The van der Waals surface area contributed by atoms with Gasteiger partial charge in [-0.25, -0.2) is 0 Å². The maximum atomic E-state index is 2.96. The lowest BCUT2D eigenvalue weighted by molar-refractivity contribution is 0.284. The van der Waals surface area contributed by atoms with Crippen LogP contribution in [0.5, 0.6) is 0 Å². The van der Waals surface area contributed by atoms with E-state index in [0.717, 1.165) is 6.42 Å². The summed E-state index contributed by atoms with van der Waals surface area (Å²) in [7, 11) is 0. The van der Waals surface area contributed by atoms with Crippen LogP contribution in [-0.2, 0) is 10.8 Å². The van der Waals surface area contributed by atoms with E-state index < -0.39 is 0 Å². The van der Waals surface area contributed by atoms with Crippen molar-refractivity contribution in [2.45, 2.75) is 176 Å². The van der Waals surface area contributed by atoms with Crippen LogP contribution in [0.3, 0.4) is 0 Å². The Morgan fingerprint density at radius 2 is 1.20 bits per heavy atom. The Bertz CT molecular complexity index is 4300. The van der Waals surface area contributed by atoms with Gasteiger partial charge in [0, 0.05) is 29.6 Å². The molecule has 0 bridgehead atoms. The highest BCUT2D eigenvalue weighted by atomic mass is 14.6. The lowest BCUT2D eigenvalue weighted by Crippen LogP contribution is -2.33. The van der Waals surface area contributed by atoms with Crippen molar-refractivity contribution in [2.24, 2.45) is 64.1 Å². The van der Waals surface area contributed by atoms with Gasteiger partial charge in [-0.2, -0.15) is 0 Å². The van der Waals surface area contributed by atoms with Gasteiger partial charge in [0.1, 0.15) is 0 Å². The first-order valence-electron chi connectivity index (χ1n) is 35.7. The summed E-state index contributed by atoms with van der Waals surface area (Å²) in [4.78, 5) is 0. The van der Waals surface area contributed by atoms with E-state index in [2.05, 4.69) is 247 Å². The Morgan fingerprint density at radius 1 is 0.478 bits per heavy atom. The van der Waals surface area contributed by atoms with E-state index in [1.165, 1.54) is 120 Å². The van der Waals surface area contributed by atoms with Crippen LogP contribution in [0.15, 0.2) is 214 Å². The van der Waals surface area contributed by atoms with Gasteiger partial charge in [-0.15, -0.1) is 0 Å². The van der Waals surface area contributed by atoms with Crippen molar-refractivity contribution in [1.29, 1.82) is 0 Å². The lowest BCUT2D eigenvalue weighted by atomic mass is 9.57. The normalized spacial score (nSPS) is 29.8. The molecule has 0 nitrogen and oxygen atoms in total. The standard InChI is InChI=1S/C90H96/c1-87(2,3)57-43-55(44-58(48-57)88(4,5)6)78-74-50-73-63-32-20-19-31-62(63)65-34-24-37-69(81(65)73)82(74)79(56-45-59(89(7,8)9)49-60(46-56)90(10,11)12)86-71-42-41-61(64-33-23-38-70(80(64)71)85(78)86)54-39-40-66-72(47-54)77(53-27-17-14-18-28-53)84-68-36-22-30-51-29-21-35-67(75(51)68)83(84)76(66)52-25-15-13-16-26-52/h13,15-16,19-23,25-27,29-33,35-36,38-40,43,45-46,48-50,54,58,61-63,65-66,71-72,74,82H,14,17-18,24,28,34,37,41-42,44,47H2,1-12H3. The van der Waals surface area contributed by atoms with E-state index in [0.29, 0.717) is 59.2 Å². The number of rotatable bonds is 5. The van der Waals surface area contributed by atoms with Crippen molar-refractivity contribution < 1.29 is 0 Å². The van der Waals surface area contributed by atoms with Crippen LogP contribution in [0.25, 0.3) is 38.6 Å². The van der Waals surface area contributed by atoms with Crippen LogP contribution in [-0.4, -0.2) is 0 Å². The molecule has 17 rings (SSSR count). The van der Waals surface area contributed by atoms with E-state index in [1.54, 1.807) is 78.0 Å². The molecule has 0 aliphatic heterocycles. The highest BCUT2D eigenvalue weighted by Gasteiger charge is 2.56. The Balaban J connectivity index is 0.906. The van der Waals surface area contributed by atoms with Gasteiger partial charge >= 0.3 is 0 Å². The summed E-state index contributed by atoms with van der Waals surface area (Å²) in [5, 5.41) is 2.83. The molecule has 0 N–H and O–H groups in total. The third-order valence-electron chi connectivity index (χ3n) is 25.0. The molecule has 5 aromatic rings. The molecule has 0 heteroatoms. The third-order valence-corrected chi connectivity index (χ3v) is 25.0. The SMILES string of the molecule is CC(C)(C)C1=CC(C(C)(C)C)CC(C2=C3C(=C(c4cc(C(C)(C)C)cc(C(C)(C)C)c4)C4C5=C6C(=CC24)C2C=CC=CC2C6CCC5)C2CCC(C4C=CC5C(c6ccccc6)=C6C(=C(C7=CCCCC7)C5C4)c4cccc5cccc6c45)c4cccc3c42)=C1. The third kappa shape index (κ3) is 8.63. The second-order valence-corrected chi connectivity index (χ2v) is 34.2. The van der Waals surface area contributed by atoms with Crippen molar-refractivity contribution in [3.05, 3.63) is 264 Å². The quantitative estimate of drug-likeness (QED) is 0.154. The predicted octanol–water partition coefficient (Wildman–Crippen LogP) is 23.9. The average molecular weight is 1180 g/mol. The summed E-state index contributed by atoms with van der Waals surface area (Å²) < 4.78 is 0. The van der Waals surface area contributed by atoms with Gasteiger partial charge in [-0.05, 0) is 261 Å². The van der Waals surface area contributed by atoms with Crippen molar-refractivity contribution in [1.82, 2.24) is 0 Å². The van der Waals surface area contributed by atoms with Crippen LogP contribution < -0.4 is 0 Å². The molecular weight excluding hydrogens is 1080 g/mol. The molecule has 5 aromatic carbocycles. The molecule has 1 fully saturated rings. The highest BCUT2D eigenvalue weighted by Crippen LogP contribution is 2.70. The summed E-state index contributed by atoms with van der Waals surface area (Å²) in [6, 6.07) is 41.8. The number of hydrogen-bond acceptors (Lipinski definition) is 0. The van der Waals surface area contributed by atoms with Gasteiger partial charge in [0.25, 0.3) is 0 Å². The fourth-order valence-corrected chi connectivity index (χ4v) is 20.7. The minimum absolute atomic E-state index is 0.00661. The molecule has 11 unspecified atom stereocenters. The van der Waals surface area contributed by atoms with Gasteiger partial charge in [-0.1, -0.05) is 253 Å². The van der Waals surface area contributed by atoms with Gasteiger partial charge in [0.05, 0.1) is 0 Å². The first kappa shape index (κ1) is 57.2. The molecule has 12 aliphatic rings. The molecule has 0 heterocycles. The summed E-state index contributed by atoms with van der Waals surface area (Å²) in [5.74, 6) is 4.48. The van der Waals surface area contributed by atoms with Crippen molar-refractivity contribution in [3.63, 3.8) is 0 Å². The fourth-order valence-electron chi connectivity index (χ4n) is 20.7. The molecule has 0 spiro atoms. The van der Waals surface area contributed by atoms with E-state index in [-0.39, 0.29) is 27.6 Å². The van der Waals surface area contributed by atoms with E-state index in [1.807, 2.05) is 5.57 Å². The zero-order chi connectivity index (χ0) is 61.7.